The normalized spacial score (nSPS) is 13.0. The minimum atomic E-state index is -4.46. The molecule has 0 amide bonds. The predicted molar refractivity (Wildman–Crippen MR) is 88.2 cm³/mol. The van der Waals surface area contributed by atoms with Crippen molar-refractivity contribution in [1.82, 2.24) is 0 Å². The number of hydrogen-bond donors (Lipinski definition) is 1. The fourth-order valence-corrected chi connectivity index (χ4v) is 2.68. The lowest BCUT2D eigenvalue weighted by atomic mass is 10.0. The van der Waals surface area contributed by atoms with Crippen LogP contribution in [0.4, 0.5) is 18.9 Å². The van der Waals surface area contributed by atoms with E-state index in [2.05, 4.69) is 0 Å². The van der Waals surface area contributed by atoms with E-state index in [1.165, 1.54) is 12.1 Å². The van der Waals surface area contributed by atoms with E-state index in [-0.39, 0.29) is 16.6 Å². The molecule has 1 rings (SSSR count). The second-order valence-electron chi connectivity index (χ2n) is 4.83. The van der Waals surface area contributed by atoms with Crippen LogP contribution >= 0.6 is 24.0 Å². The fraction of sp³-hybridized carbons (Fsp3) is 0.500. The molecule has 1 atom stereocenters. The number of halogens is 3. The first-order valence-corrected chi connectivity index (χ1v) is 8.21. The zero-order valence-corrected chi connectivity index (χ0v) is 13.8. The molecule has 0 fully saturated rings. The number of benzene rings is 1. The summed E-state index contributed by atoms with van der Waals surface area (Å²) in [4.78, 5) is 1.70. The van der Waals surface area contributed by atoms with E-state index in [0.717, 1.165) is 18.2 Å². The van der Waals surface area contributed by atoms with Crippen LogP contribution in [-0.4, -0.2) is 30.1 Å². The van der Waals surface area contributed by atoms with Crippen molar-refractivity contribution in [2.75, 3.05) is 24.0 Å². The highest BCUT2D eigenvalue weighted by molar-refractivity contribution is 7.98. The highest BCUT2D eigenvalue weighted by Gasteiger charge is 2.34. The molecule has 118 valence electrons. The number of anilines is 1. The first kappa shape index (κ1) is 18.1. The number of rotatable bonds is 6. The number of thiocarbonyl (C=S) groups is 1. The maximum absolute atomic E-state index is 12.9. The van der Waals surface area contributed by atoms with Crippen molar-refractivity contribution in [3.8, 4) is 0 Å². The van der Waals surface area contributed by atoms with E-state index < -0.39 is 11.7 Å². The highest BCUT2D eigenvalue weighted by atomic mass is 32.2. The van der Waals surface area contributed by atoms with E-state index in [0.29, 0.717) is 5.69 Å². The standard InChI is InChI=1S/C14H19F3N2S2/c1-9(6-7-21-3)19(2)10-4-5-12(14(15,16)17)11(8-10)13(18)20/h4-5,8-9H,6-7H2,1-3H3,(H2,18,20). The molecule has 0 aliphatic heterocycles. The predicted octanol–water partition coefficient (Wildman–Crippen LogP) is 3.92. The van der Waals surface area contributed by atoms with Crippen LogP contribution in [0.25, 0.3) is 0 Å². The Morgan fingerprint density at radius 1 is 1.43 bits per heavy atom. The summed E-state index contributed by atoms with van der Waals surface area (Å²) in [6.45, 7) is 2.04. The Kier molecular flexibility index (Phi) is 6.34. The number of hydrogen-bond acceptors (Lipinski definition) is 3. The van der Waals surface area contributed by atoms with Crippen LogP contribution in [-0.2, 0) is 6.18 Å². The molecule has 2 nitrogen and oxygen atoms in total. The Morgan fingerprint density at radius 3 is 2.52 bits per heavy atom. The lowest BCUT2D eigenvalue weighted by Crippen LogP contribution is -2.30. The van der Waals surface area contributed by atoms with Gasteiger partial charge in [0.15, 0.2) is 0 Å². The summed E-state index contributed by atoms with van der Waals surface area (Å²) in [5.41, 5.74) is 5.21. The Balaban J connectivity index is 3.11. The van der Waals surface area contributed by atoms with Crippen molar-refractivity contribution < 1.29 is 13.2 Å². The molecule has 0 saturated heterocycles. The molecular formula is C14H19F3N2S2. The van der Waals surface area contributed by atoms with Gasteiger partial charge in [0, 0.05) is 24.3 Å². The number of nitrogens with zero attached hydrogens (tertiary/aromatic N) is 1. The van der Waals surface area contributed by atoms with E-state index in [1.807, 2.05) is 25.1 Å². The summed E-state index contributed by atoms with van der Waals surface area (Å²) >= 11 is 6.50. The van der Waals surface area contributed by atoms with Crippen molar-refractivity contribution in [1.29, 1.82) is 0 Å². The van der Waals surface area contributed by atoms with Crippen LogP contribution in [0.5, 0.6) is 0 Å². The van der Waals surface area contributed by atoms with Crippen LogP contribution in [0.2, 0.25) is 0 Å². The van der Waals surface area contributed by atoms with E-state index >= 15 is 0 Å². The van der Waals surface area contributed by atoms with Gasteiger partial charge in [-0.25, -0.2) is 0 Å². The van der Waals surface area contributed by atoms with Gasteiger partial charge in [0.25, 0.3) is 0 Å². The molecule has 0 radical (unpaired) electrons. The Labute approximate surface area is 132 Å². The number of thioether (sulfide) groups is 1. The van der Waals surface area contributed by atoms with Crippen molar-refractivity contribution >= 4 is 34.7 Å². The molecule has 21 heavy (non-hydrogen) atoms. The zero-order chi connectivity index (χ0) is 16.2. The molecule has 0 aliphatic rings. The topological polar surface area (TPSA) is 29.3 Å². The van der Waals surface area contributed by atoms with Gasteiger partial charge in [-0.05, 0) is 43.6 Å². The molecule has 7 heteroatoms. The summed E-state index contributed by atoms with van der Waals surface area (Å²) in [5, 5.41) is 0. The number of nitrogens with two attached hydrogens (primary N) is 1. The van der Waals surface area contributed by atoms with Crippen molar-refractivity contribution in [3.05, 3.63) is 29.3 Å². The van der Waals surface area contributed by atoms with Gasteiger partial charge in [-0.15, -0.1) is 0 Å². The van der Waals surface area contributed by atoms with Gasteiger partial charge in [-0.1, -0.05) is 12.2 Å². The molecule has 0 saturated carbocycles. The molecule has 0 heterocycles. The third-order valence-electron chi connectivity index (χ3n) is 3.38. The Hall–Kier alpha value is -0.950. The molecule has 1 aromatic rings. The average Bonchev–Trinajstić information content (AvgIpc) is 2.42. The number of alkyl halides is 3. The van der Waals surface area contributed by atoms with Gasteiger partial charge < -0.3 is 10.6 Å². The average molecular weight is 336 g/mol. The first-order valence-electron chi connectivity index (χ1n) is 6.41. The van der Waals surface area contributed by atoms with Gasteiger partial charge in [0.1, 0.15) is 4.99 Å². The third kappa shape index (κ3) is 4.78. The zero-order valence-electron chi connectivity index (χ0n) is 12.2. The van der Waals surface area contributed by atoms with Gasteiger partial charge >= 0.3 is 6.18 Å². The molecular weight excluding hydrogens is 317 g/mol. The summed E-state index contributed by atoms with van der Waals surface area (Å²) < 4.78 is 38.8. The molecule has 0 spiro atoms. The first-order chi connectivity index (χ1) is 9.68. The lowest BCUT2D eigenvalue weighted by Gasteiger charge is -2.28. The monoisotopic (exact) mass is 336 g/mol. The minimum Gasteiger partial charge on any atom is -0.389 e. The third-order valence-corrected chi connectivity index (χ3v) is 4.25. The van der Waals surface area contributed by atoms with Gasteiger partial charge in [-0.2, -0.15) is 24.9 Å². The van der Waals surface area contributed by atoms with E-state index in [1.54, 1.807) is 11.8 Å². The summed E-state index contributed by atoms with van der Waals surface area (Å²) in [5.74, 6) is 0.994. The maximum Gasteiger partial charge on any atom is 0.417 e. The van der Waals surface area contributed by atoms with Crippen LogP contribution in [0.3, 0.4) is 0 Å². The minimum absolute atomic E-state index is 0.126. The highest BCUT2D eigenvalue weighted by Crippen LogP contribution is 2.34. The SMILES string of the molecule is CSCCC(C)N(C)c1ccc(C(F)(F)F)c(C(N)=S)c1. The second-order valence-corrected chi connectivity index (χ2v) is 6.26. The van der Waals surface area contributed by atoms with Crippen LogP contribution < -0.4 is 10.6 Å². The van der Waals surface area contributed by atoms with E-state index in [4.69, 9.17) is 18.0 Å². The summed E-state index contributed by atoms with van der Waals surface area (Å²) in [6, 6.07) is 4.14. The van der Waals surface area contributed by atoms with Gasteiger partial charge in [0.05, 0.1) is 5.56 Å². The van der Waals surface area contributed by atoms with Crippen LogP contribution in [0, 0.1) is 0 Å². The molecule has 0 bridgehead atoms. The largest absolute Gasteiger partial charge is 0.417 e. The maximum atomic E-state index is 12.9. The summed E-state index contributed by atoms with van der Waals surface area (Å²) in [7, 11) is 1.86. The molecule has 1 unspecified atom stereocenters. The molecule has 0 aromatic heterocycles. The van der Waals surface area contributed by atoms with Crippen LogP contribution in [0.1, 0.15) is 24.5 Å². The Morgan fingerprint density at radius 2 is 2.05 bits per heavy atom. The Bertz CT molecular complexity index is 503. The lowest BCUT2D eigenvalue weighted by molar-refractivity contribution is -0.137. The van der Waals surface area contributed by atoms with Crippen molar-refractivity contribution in [2.45, 2.75) is 25.6 Å². The quantitative estimate of drug-likeness (QED) is 0.798. The molecule has 0 aliphatic carbocycles. The van der Waals surface area contributed by atoms with Gasteiger partial charge in [-0.3, -0.25) is 0 Å². The van der Waals surface area contributed by atoms with Crippen molar-refractivity contribution in [3.63, 3.8) is 0 Å². The van der Waals surface area contributed by atoms with Gasteiger partial charge in [0.2, 0.25) is 0 Å². The molecule has 2 N–H and O–H groups in total. The molecule has 1 aromatic carbocycles. The van der Waals surface area contributed by atoms with E-state index in [9.17, 15) is 13.2 Å². The summed E-state index contributed by atoms with van der Waals surface area (Å²) in [6.07, 6.45) is -1.49. The smallest absolute Gasteiger partial charge is 0.389 e. The fourth-order valence-electron chi connectivity index (χ4n) is 1.94. The van der Waals surface area contributed by atoms with Crippen LogP contribution in [0.15, 0.2) is 18.2 Å². The van der Waals surface area contributed by atoms with Crippen molar-refractivity contribution in [2.24, 2.45) is 5.73 Å². The second kappa shape index (κ2) is 7.35.